The number of nitrogens with one attached hydrogen (secondary N) is 1. The Balaban J connectivity index is 1.62. The van der Waals surface area contributed by atoms with Crippen LogP contribution in [0, 0.1) is 6.92 Å². The molecule has 3 heterocycles. The first-order chi connectivity index (χ1) is 17.3. The van der Waals surface area contributed by atoms with E-state index in [1.807, 2.05) is 51.1 Å². The minimum atomic E-state index is -0.372. The SMILES string of the molecule is COc1ccc(-c2cc(-c3ccc(C)cc3)c3c(N)c(C(=O)Nc4c[n+](C(C)C)no4)sc3n2)cc1. The highest BCUT2D eigenvalue weighted by atomic mass is 32.1. The smallest absolute Gasteiger partial charge is 0.302 e. The fraction of sp³-hybridized carbons (Fsp3) is 0.185. The zero-order chi connectivity index (χ0) is 25.4. The molecular formula is C27H26N5O3S+. The maximum Gasteiger partial charge on any atom is 0.302 e. The van der Waals surface area contributed by atoms with Gasteiger partial charge in [-0.25, -0.2) is 4.98 Å². The van der Waals surface area contributed by atoms with Crippen LogP contribution in [0.4, 0.5) is 11.6 Å². The Morgan fingerprint density at radius 3 is 2.44 bits per heavy atom. The Morgan fingerprint density at radius 1 is 1.11 bits per heavy atom. The third-order valence-electron chi connectivity index (χ3n) is 5.90. The van der Waals surface area contributed by atoms with Crippen LogP contribution in [0.3, 0.4) is 0 Å². The molecule has 0 saturated heterocycles. The summed E-state index contributed by atoms with van der Waals surface area (Å²) in [5, 5.41) is 7.44. The average molecular weight is 501 g/mol. The van der Waals surface area contributed by atoms with Gasteiger partial charge in [-0.3, -0.25) is 14.6 Å². The van der Waals surface area contributed by atoms with Gasteiger partial charge in [-0.15, -0.1) is 11.3 Å². The van der Waals surface area contributed by atoms with Gasteiger partial charge in [-0.2, -0.15) is 0 Å². The Labute approximate surface area is 212 Å². The van der Waals surface area contributed by atoms with Crippen molar-refractivity contribution in [2.45, 2.75) is 26.8 Å². The fourth-order valence-corrected chi connectivity index (χ4v) is 4.90. The van der Waals surface area contributed by atoms with Crippen molar-refractivity contribution in [1.82, 2.24) is 10.3 Å². The summed E-state index contributed by atoms with van der Waals surface area (Å²) in [5.74, 6) is 0.642. The number of thiophene rings is 1. The van der Waals surface area contributed by atoms with Crippen LogP contribution < -0.4 is 20.5 Å². The number of carbonyl (C=O) groups is 1. The summed E-state index contributed by atoms with van der Waals surface area (Å²) in [5.41, 5.74) is 11.7. The van der Waals surface area contributed by atoms with Gasteiger partial charge in [0.25, 0.3) is 12.1 Å². The van der Waals surface area contributed by atoms with E-state index < -0.39 is 0 Å². The highest BCUT2D eigenvalue weighted by molar-refractivity contribution is 7.21. The van der Waals surface area contributed by atoms with Crippen LogP contribution in [0.15, 0.2) is 65.3 Å². The molecule has 0 atom stereocenters. The number of aromatic nitrogens is 3. The molecule has 0 radical (unpaired) electrons. The number of fused-ring (bicyclic) bond motifs is 1. The minimum absolute atomic E-state index is 0.103. The predicted molar refractivity (Wildman–Crippen MR) is 141 cm³/mol. The molecule has 5 aromatic rings. The van der Waals surface area contributed by atoms with Crippen molar-refractivity contribution in [1.29, 1.82) is 0 Å². The second kappa shape index (κ2) is 9.43. The Hall–Kier alpha value is -4.24. The Kier molecular flexibility index (Phi) is 6.15. The number of nitrogen functional groups attached to an aromatic ring is 1. The van der Waals surface area contributed by atoms with Gasteiger partial charge in [0, 0.05) is 10.9 Å². The van der Waals surface area contributed by atoms with E-state index in [4.69, 9.17) is 20.0 Å². The number of methoxy groups -OCH3 is 1. The summed E-state index contributed by atoms with van der Waals surface area (Å²) in [6, 6.07) is 18.1. The first-order valence-corrected chi connectivity index (χ1v) is 12.3. The lowest BCUT2D eigenvalue weighted by atomic mass is 9.98. The summed E-state index contributed by atoms with van der Waals surface area (Å²) in [7, 11) is 1.64. The van der Waals surface area contributed by atoms with Crippen molar-refractivity contribution >= 4 is 39.0 Å². The van der Waals surface area contributed by atoms with Crippen LogP contribution >= 0.6 is 11.3 Å². The molecular weight excluding hydrogens is 474 g/mol. The lowest BCUT2D eigenvalue weighted by molar-refractivity contribution is -0.779. The second-order valence-electron chi connectivity index (χ2n) is 8.77. The Bertz CT molecular complexity index is 1550. The van der Waals surface area contributed by atoms with Crippen molar-refractivity contribution in [3.63, 3.8) is 0 Å². The van der Waals surface area contributed by atoms with Crippen LogP contribution in [0.1, 0.15) is 35.1 Å². The van der Waals surface area contributed by atoms with Crippen molar-refractivity contribution in [3.8, 4) is 28.1 Å². The molecule has 5 rings (SSSR count). The minimum Gasteiger partial charge on any atom is -0.497 e. The summed E-state index contributed by atoms with van der Waals surface area (Å²) in [6.45, 7) is 5.98. The van der Waals surface area contributed by atoms with Crippen LogP contribution in [0.25, 0.3) is 32.6 Å². The fourth-order valence-electron chi connectivity index (χ4n) is 3.89. The maximum absolute atomic E-state index is 13.2. The van der Waals surface area contributed by atoms with Gasteiger partial charge in [0.05, 0.1) is 18.5 Å². The van der Waals surface area contributed by atoms with Crippen LogP contribution in [-0.4, -0.2) is 23.3 Å². The molecule has 9 heteroatoms. The number of carbonyl (C=O) groups excluding carboxylic acids is 1. The third-order valence-corrected chi connectivity index (χ3v) is 7.00. The normalized spacial score (nSPS) is 11.2. The molecule has 0 aliphatic carbocycles. The van der Waals surface area contributed by atoms with Crippen molar-refractivity contribution in [2.24, 2.45) is 0 Å². The largest absolute Gasteiger partial charge is 0.497 e. The van der Waals surface area contributed by atoms with Crippen LogP contribution in [0.5, 0.6) is 5.75 Å². The van der Waals surface area contributed by atoms with E-state index in [-0.39, 0.29) is 17.8 Å². The summed E-state index contributed by atoms with van der Waals surface area (Å²) in [6.07, 6.45) is 1.64. The number of hydrogen-bond acceptors (Lipinski definition) is 7. The van der Waals surface area contributed by atoms with E-state index in [0.717, 1.165) is 39.1 Å². The number of anilines is 2. The summed E-state index contributed by atoms with van der Waals surface area (Å²) < 4.78 is 12.2. The third kappa shape index (κ3) is 4.40. The van der Waals surface area contributed by atoms with Gasteiger partial charge in [0.1, 0.15) is 15.5 Å². The molecule has 3 N–H and O–H groups in total. The van der Waals surface area contributed by atoms with E-state index in [1.54, 1.807) is 18.0 Å². The van der Waals surface area contributed by atoms with E-state index in [1.165, 1.54) is 11.3 Å². The zero-order valence-electron chi connectivity index (χ0n) is 20.4. The number of ether oxygens (including phenoxy) is 1. The van der Waals surface area contributed by atoms with Gasteiger partial charge < -0.3 is 10.5 Å². The van der Waals surface area contributed by atoms with Crippen LogP contribution in [-0.2, 0) is 0 Å². The lowest BCUT2D eigenvalue weighted by Gasteiger charge is -2.10. The number of pyridine rings is 1. The monoisotopic (exact) mass is 500 g/mol. The lowest BCUT2D eigenvalue weighted by Crippen LogP contribution is -2.36. The number of aryl methyl sites for hydroxylation is 1. The molecule has 0 fully saturated rings. The van der Waals surface area contributed by atoms with Crippen molar-refractivity contribution in [3.05, 3.63) is 71.2 Å². The molecule has 0 unspecified atom stereocenters. The molecule has 0 saturated carbocycles. The number of hydrogen-bond donors (Lipinski definition) is 2. The molecule has 0 aliphatic heterocycles. The highest BCUT2D eigenvalue weighted by Gasteiger charge is 2.24. The number of amides is 1. The van der Waals surface area contributed by atoms with Crippen molar-refractivity contribution < 1.29 is 18.7 Å². The van der Waals surface area contributed by atoms with Gasteiger partial charge in [0.15, 0.2) is 6.04 Å². The molecule has 0 spiro atoms. The molecule has 182 valence electrons. The molecule has 0 aliphatic rings. The topological polar surface area (TPSA) is 107 Å². The zero-order valence-corrected chi connectivity index (χ0v) is 21.2. The van der Waals surface area contributed by atoms with Gasteiger partial charge in [-0.1, -0.05) is 29.8 Å². The predicted octanol–water partition coefficient (Wildman–Crippen LogP) is 5.64. The maximum atomic E-state index is 13.2. The second-order valence-corrected chi connectivity index (χ2v) is 9.77. The summed E-state index contributed by atoms with van der Waals surface area (Å²) >= 11 is 1.25. The number of benzene rings is 2. The van der Waals surface area contributed by atoms with Gasteiger partial charge in [-0.05, 0) is 66.9 Å². The van der Waals surface area contributed by atoms with Crippen LogP contribution in [0.2, 0.25) is 0 Å². The highest BCUT2D eigenvalue weighted by Crippen LogP contribution is 2.41. The first-order valence-electron chi connectivity index (χ1n) is 11.5. The first kappa shape index (κ1) is 23.5. The van der Waals surface area contributed by atoms with Gasteiger partial charge in [0.2, 0.25) is 5.27 Å². The standard InChI is InChI=1S/C27H25N5O3S/c1-15(2)32-14-22(35-31-32)30-26(33)25-24(28)23-20(17-7-5-16(3)6-8-17)13-21(29-27(23)36-25)18-9-11-19(34-4)12-10-18/h5-15H,1-4H3,(H2-,28,30,31,33)/p+1. The van der Waals surface area contributed by atoms with Crippen molar-refractivity contribution in [2.75, 3.05) is 18.2 Å². The molecule has 3 aromatic heterocycles. The van der Waals surface area contributed by atoms with E-state index in [2.05, 4.69) is 34.9 Å². The molecule has 36 heavy (non-hydrogen) atoms. The summed E-state index contributed by atoms with van der Waals surface area (Å²) in [4.78, 5) is 19.1. The number of nitrogens with zero attached hydrogens (tertiary/aromatic N) is 3. The van der Waals surface area contributed by atoms with E-state index in [0.29, 0.717) is 15.4 Å². The molecule has 1 amide bonds. The molecule has 0 bridgehead atoms. The van der Waals surface area contributed by atoms with E-state index in [9.17, 15) is 4.79 Å². The number of nitrogens with two attached hydrogens (primary N) is 1. The molecule has 8 nitrogen and oxygen atoms in total. The quantitative estimate of drug-likeness (QED) is 0.292. The van der Waals surface area contributed by atoms with E-state index >= 15 is 0 Å². The van der Waals surface area contributed by atoms with Gasteiger partial charge >= 0.3 is 5.88 Å². The average Bonchev–Trinajstić information content (AvgIpc) is 3.49. The molecule has 2 aromatic carbocycles. The number of rotatable bonds is 6. The Morgan fingerprint density at radius 2 is 1.81 bits per heavy atom.